The lowest BCUT2D eigenvalue weighted by Gasteiger charge is -2.40. The van der Waals surface area contributed by atoms with Gasteiger partial charge >= 0.3 is 6.85 Å². The summed E-state index contributed by atoms with van der Waals surface area (Å²) < 4.78 is 9.09. The predicted molar refractivity (Wildman–Crippen MR) is 272 cm³/mol. The number of pyridine rings is 1. The second-order valence-corrected chi connectivity index (χ2v) is 18.9. The van der Waals surface area contributed by atoms with Gasteiger partial charge in [0.2, 0.25) is 0 Å². The average molecular weight is 846 g/mol. The Morgan fingerprint density at radius 1 is 0.585 bits per heavy atom. The quantitative estimate of drug-likeness (QED) is 0.149. The van der Waals surface area contributed by atoms with Crippen molar-refractivity contribution in [2.75, 3.05) is 16.5 Å². The van der Waals surface area contributed by atoms with Crippen LogP contribution < -0.4 is 14.5 Å². The topological polar surface area (TPSA) is 36.8 Å². The molecule has 0 aliphatic carbocycles. The van der Waals surface area contributed by atoms with Gasteiger partial charge in [0.15, 0.2) is 0 Å². The minimum Gasteiger partial charge on any atom is -0.457 e. The average Bonchev–Trinajstić information content (AvgIpc) is 3.83. The molecule has 0 saturated heterocycles. The van der Waals surface area contributed by atoms with E-state index >= 15 is 0 Å². The molecule has 6 nitrogen and oxygen atoms in total. The highest BCUT2D eigenvalue weighted by Gasteiger charge is 2.39. The maximum atomic E-state index is 6.82. The third-order valence-electron chi connectivity index (χ3n) is 13.0. The van der Waals surface area contributed by atoms with Crippen molar-refractivity contribution in [3.05, 3.63) is 221 Å². The lowest BCUT2D eigenvalue weighted by molar-refractivity contribution is 0.483. The summed E-state index contributed by atoms with van der Waals surface area (Å²) in [6, 6.07) is 50.5. The standard InChI is InChI=1S/C58H52BN5O/c1-38-27-39(2)30-42(29-38)50-36-59-24-12-13-26-63(59)56(43-31-40(3)28-41(4)32-43)57(50)62-37-61(52-19-10-11-20-53(52)62)45-15-14-16-46(34-45)65-47-21-22-49-48-17-8-9-18-51(48)64(54(49)35-47)55-33-44(23-25-60-55)58(5,6)7/h8-36H,37H2,1-7H3. The van der Waals surface area contributed by atoms with Crippen molar-refractivity contribution in [3.8, 4) is 17.3 Å². The van der Waals surface area contributed by atoms with Gasteiger partial charge in [0.25, 0.3) is 0 Å². The van der Waals surface area contributed by atoms with Crippen LogP contribution in [0.2, 0.25) is 0 Å². The van der Waals surface area contributed by atoms with E-state index in [1.54, 1.807) is 0 Å². The zero-order valence-electron chi connectivity index (χ0n) is 38.2. The van der Waals surface area contributed by atoms with E-state index in [1.165, 1.54) is 61.3 Å². The first-order valence-corrected chi connectivity index (χ1v) is 22.7. The number of anilines is 3. The SMILES string of the molecule is Cc1cc(C)cc(C2=CB3C=CC=CN3C(c3cc(C)cc(C)c3)=C2N2CN(c3cccc(Oc4ccc5c6ccccc6n(-c6cc(C(C)(C)C)ccn6)c5c4)c3)c3ccccc32)c1. The van der Waals surface area contributed by atoms with Gasteiger partial charge in [0, 0.05) is 34.8 Å². The number of ether oxygens (including phenoxy) is 1. The number of hydrogen-bond donors (Lipinski definition) is 0. The van der Waals surface area contributed by atoms with Crippen molar-refractivity contribution in [2.24, 2.45) is 0 Å². The van der Waals surface area contributed by atoms with Crippen molar-refractivity contribution in [1.29, 1.82) is 0 Å². The highest BCUT2D eigenvalue weighted by atomic mass is 16.5. The number of para-hydroxylation sites is 3. The molecule has 0 atom stereocenters. The zero-order chi connectivity index (χ0) is 44.6. The maximum absolute atomic E-state index is 6.82. The Bertz CT molecular complexity index is 3310. The van der Waals surface area contributed by atoms with E-state index in [2.05, 4.69) is 237 Å². The van der Waals surface area contributed by atoms with Crippen LogP contribution in [0.4, 0.5) is 17.1 Å². The van der Waals surface area contributed by atoms with Crippen LogP contribution in [0, 0.1) is 27.7 Å². The maximum Gasteiger partial charge on any atom is 0.313 e. The van der Waals surface area contributed by atoms with Gasteiger partial charge in [-0.25, -0.2) is 4.98 Å². The number of hydrogen-bond acceptors (Lipinski definition) is 5. The second kappa shape index (κ2) is 15.6. The molecule has 0 unspecified atom stereocenters. The van der Waals surface area contributed by atoms with E-state index in [-0.39, 0.29) is 12.3 Å². The molecule has 0 bridgehead atoms. The van der Waals surface area contributed by atoms with Gasteiger partial charge in [-0.2, -0.15) is 0 Å². The summed E-state index contributed by atoms with van der Waals surface area (Å²) in [6.45, 7) is 16.2. The molecule has 0 amide bonds. The summed E-state index contributed by atoms with van der Waals surface area (Å²) >= 11 is 0. The Hall–Kier alpha value is -7.51. The van der Waals surface area contributed by atoms with E-state index in [9.17, 15) is 0 Å². The summed E-state index contributed by atoms with van der Waals surface area (Å²) in [5.41, 5.74) is 17.8. The van der Waals surface area contributed by atoms with Gasteiger partial charge < -0.3 is 19.3 Å². The fourth-order valence-electron chi connectivity index (χ4n) is 10.2. The van der Waals surface area contributed by atoms with Crippen LogP contribution in [0.3, 0.4) is 0 Å². The molecule has 7 heteroatoms. The Morgan fingerprint density at radius 3 is 2.02 bits per heavy atom. The highest BCUT2D eigenvalue weighted by Crippen LogP contribution is 2.49. The molecule has 0 N–H and O–H groups in total. The van der Waals surface area contributed by atoms with E-state index in [4.69, 9.17) is 9.72 Å². The monoisotopic (exact) mass is 845 g/mol. The molecule has 3 aliphatic heterocycles. The lowest BCUT2D eigenvalue weighted by atomic mass is 9.55. The minimum atomic E-state index is -0.0110. The lowest BCUT2D eigenvalue weighted by Crippen LogP contribution is -2.40. The van der Waals surface area contributed by atoms with Crippen LogP contribution >= 0.6 is 0 Å². The van der Waals surface area contributed by atoms with Crippen LogP contribution in [0.15, 0.2) is 182 Å². The Morgan fingerprint density at radius 2 is 1.26 bits per heavy atom. The zero-order valence-corrected chi connectivity index (χ0v) is 38.2. The summed E-state index contributed by atoms with van der Waals surface area (Å²) in [6.07, 6.45) is 8.49. The molecule has 6 aromatic carbocycles. The van der Waals surface area contributed by atoms with Gasteiger partial charge in [-0.3, -0.25) is 4.57 Å². The Labute approximate surface area is 382 Å². The van der Waals surface area contributed by atoms with Gasteiger partial charge in [0.1, 0.15) is 24.0 Å². The number of rotatable bonds is 7. The van der Waals surface area contributed by atoms with Gasteiger partial charge in [0.05, 0.1) is 33.8 Å². The molecular formula is C58H52BN5O. The fraction of sp³-hybridized carbons (Fsp3) is 0.155. The number of fused-ring (bicyclic) bond motifs is 5. The predicted octanol–water partition coefficient (Wildman–Crippen LogP) is 14.3. The van der Waals surface area contributed by atoms with Crippen molar-refractivity contribution in [2.45, 2.75) is 53.9 Å². The number of benzene rings is 6. The summed E-state index contributed by atoms with van der Waals surface area (Å²) in [7, 11) is 0. The number of aromatic nitrogens is 2. The van der Waals surface area contributed by atoms with Crippen molar-refractivity contribution < 1.29 is 4.74 Å². The summed E-state index contributed by atoms with van der Waals surface area (Å²) in [5.74, 6) is 7.18. The minimum absolute atomic E-state index is 0.0110. The van der Waals surface area contributed by atoms with Crippen molar-refractivity contribution >= 4 is 57.0 Å². The first-order chi connectivity index (χ1) is 31.5. The van der Waals surface area contributed by atoms with E-state index in [0.717, 1.165) is 50.8 Å². The molecule has 0 radical (unpaired) electrons. The number of allylic oxidation sites excluding steroid dienone is 3. The second-order valence-electron chi connectivity index (χ2n) is 18.9. The molecule has 8 aromatic rings. The van der Waals surface area contributed by atoms with Crippen LogP contribution in [0.1, 0.15) is 59.7 Å². The summed E-state index contributed by atoms with van der Waals surface area (Å²) in [5, 5.41) is 2.34. The molecule has 11 rings (SSSR count). The van der Waals surface area contributed by atoms with E-state index < -0.39 is 0 Å². The molecule has 0 spiro atoms. The molecular weight excluding hydrogens is 793 g/mol. The molecule has 65 heavy (non-hydrogen) atoms. The fourth-order valence-corrected chi connectivity index (χ4v) is 10.2. The highest BCUT2D eigenvalue weighted by molar-refractivity contribution is 6.70. The number of aryl methyl sites for hydroxylation is 4. The number of nitrogens with zero attached hydrogens (tertiary/aromatic N) is 5. The normalized spacial score (nSPS) is 14.7. The largest absolute Gasteiger partial charge is 0.457 e. The molecule has 5 heterocycles. The first kappa shape index (κ1) is 40.3. The van der Waals surface area contributed by atoms with Crippen LogP contribution in [0.25, 0.3) is 38.9 Å². The molecule has 3 aliphatic rings. The first-order valence-electron chi connectivity index (χ1n) is 22.7. The van der Waals surface area contributed by atoms with Crippen LogP contribution in [-0.2, 0) is 5.41 Å². The van der Waals surface area contributed by atoms with Gasteiger partial charge in [-0.05, 0) is 134 Å². The Balaban J connectivity index is 1.01. The third kappa shape index (κ3) is 7.21. The van der Waals surface area contributed by atoms with E-state index in [0.29, 0.717) is 6.67 Å². The van der Waals surface area contributed by atoms with Crippen molar-refractivity contribution in [1.82, 2.24) is 14.4 Å². The molecule has 0 fully saturated rings. The van der Waals surface area contributed by atoms with E-state index in [1.807, 2.05) is 6.20 Å². The third-order valence-corrected chi connectivity index (χ3v) is 13.0. The van der Waals surface area contributed by atoms with Gasteiger partial charge in [-0.1, -0.05) is 122 Å². The van der Waals surface area contributed by atoms with Crippen LogP contribution in [-0.4, -0.2) is 27.9 Å². The smallest absolute Gasteiger partial charge is 0.313 e. The molecule has 0 saturated carbocycles. The van der Waals surface area contributed by atoms with Crippen LogP contribution in [0.5, 0.6) is 11.5 Å². The Kier molecular flexibility index (Phi) is 9.69. The molecule has 2 aromatic heterocycles. The van der Waals surface area contributed by atoms with Gasteiger partial charge in [-0.15, -0.1) is 0 Å². The van der Waals surface area contributed by atoms with Crippen molar-refractivity contribution in [3.63, 3.8) is 0 Å². The summed E-state index contributed by atoms with van der Waals surface area (Å²) in [4.78, 5) is 12.3. The molecule has 318 valence electrons.